The van der Waals surface area contributed by atoms with Crippen molar-refractivity contribution in [1.82, 2.24) is 9.97 Å². The van der Waals surface area contributed by atoms with E-state index in [2.05, 4.69) is 9.97 Å². The SMILES string of the molecule is Nc1ccc(F)c(-c2nc3cc(Cl)c(Cl)cc3[nH]2)c1. The van der Waals surface area contributed by atoms with Crippen LogP contribution in [0.4, 0.5) is 10.1 Å². The molecule has 0 aliphatic rings. The van der Waals surface area contributed by atoms with E-state index in [9.17, 15) is 4.39 Å². The molecule has 0 radical (unpaired) electrons. The van der Waals surface area contributed by atoms with Gasteiger partial charge in [-0.05, 0) is 30.3 Å². The first-order valence-corrected chi connectivity index (χ1v) is 6.20. The molecular formula is C13H8Cl2FN3. The molecule has 0 aliphatic heterocycles. The summed E-state index contributed by atoms with van der Waals surface area (Å²) in [5.74, 6) is -0.0106. The summed E-state index contributed by atoms with van der Waals surface area (Å²) < 4.78 is 13.8. The van der Waals surface area contributed by atoms with Gasteiger partial charge in [-0.15, -0.1) is 0 Å². The second-order valence-corrected chi connectivity index (χ2v) is 4.92. The first-order valence-electron chi connectivity index (χ1n) is 5.45. The third-order valence-corrected chi connectivity index (χ3v) is 3.49. The standard InChI is InChI=1S/C13H8Cl2FN3/c14-8-4-11-12(5-9(8)15)19-13(18-11)7-3-6(17)1-2-10(7)16/h1-5H,17H2,(H,18,19). The smallest absolute Gasteiger partial charge is 0.141 e. The molecule has 0 saturated carbocycles. The Bertz CT molecular complexity index is 744. The van der Waals surface area contributed by atoms with Crippen molar-refractivity contribution >= 4 is 39.9 Å². The van der Waals surface area contributed by atoms with Gasteiger partial charge in [-0.2, -0.15) is 0 Å². The number of halogens is 3. The molecule has 6 heteroatoms. The number of nitrogens with zero attached hydrogens (tertiary/aromatic N) is 1. The van der Waals surface area contributed by atoms with Crippen molar-refractivity contribution in [3.05, 3.63) is 46.2 Å². The van der Waals surface area contributed by atoms with Gasteiger partial charge in [0.15, 0.2) is 0 Å². The van der Waals surface area contributed by atoms with Gasteiger partial charge in [-0.3, -0.25) is 0 Å². The fraction of sp³-hybridized carbons (Fsp3) is 0. The Balaban J connectivity index is 2.23. The molecule has 0 atom stereocenters. The van der Waals surface area contributed by atoms with Crippen LogP contribution < -0.4 is 5.73 Å². The van der Waals surface area contributed by atoms with Crippen molar-refractivity contribution in [2.45, 2.75) is 0 Å². The summed E-state index contributed by atoms with van der Waals surface area (Å²) in [6, 6.07) is 7.60. The summed E-state index contributed by atoms with van der Waals surface area (Å²) in [5, 5.41) is 0.817. The summed E-state index contributed by atoms with van der Waals surface area (Å²) >= 11 is 11.8. The fourth-order valence-electron chi connectivity index (χ4n) is 1.86. The monoisotopic (exact) mass is 295 g/mol. The minimum absolute atomic E-state index is 0.309. The molecule has 0 aliphatic carbocycles. The van der Waals surface area contributed by atoms with Crippen LogP contribution in [0.5, 0.6) is 0 Å². The van der Waals surface area contributed by atoms with E-state index < -0.39 is 5.82 Å². The Hall–Kier alpha value is -1.78. The lowest BCUT2D eigenvalue weighted by atomic mass is 10.2. The van der Waals surface area contributed by atoms with Crippen LogP contribution in [-0.4, -0.2) is 9.97 Å². The van der Waals surface area contributed by atoms with Crippen LogP contribution >= 0.6 is 23.2 Å². The van der Waals surface area contributed by atoms with Gasteiger partial charge in [0.05, 0.1) is 26.6 Å². The number of hydrogen-bond donors (Lipinski definition) is 2. The van der Waals surface area contributed by atoms with Crippen molar-refractivity contribution in [3.8, 4) is 11.4 Å². The Morgan fingerprint density at radius 1 is 1.11 bits per heavy atom. The number of rotatable bonds is 1. The highest BCUT2D eigenvalue weighted by atomic mass is 35.5. The van der Waals surface area contributed by atoms with Crippen molar-refractivity contribution in [1.29, 1.82) is 0 Å². The lowest BCUT2D eigenvalue weighted by Gasteiger charge is -2.00. The summed E-state index contributed by atoms with van der Waals surface area (Å²) in [5.41, 5.74) is 7.73. The topological polar surface area (TPSA) is 54.7 Å². The third-order valence-electron chi connectivity index (χ3n) is 2.77. The van der Waals surface area contributed by atoms with E-state index in [1.54, 1.807) is 12.1 Å². The number of fused-ring (bicyclic) bond motifs is 1. The molecular weight excluding hydrogens is 288 g/mol. The van der Waals surface area contributed by atoms with E-state index in [1.165, 1.54) is 18.2 Å². The molecule has 1 heterocycles. The predicted octanol–water partition coefficient (Wildman–Crippen LogP) is 4.26. The third kappa shape index (κ3) is 2.13. The maximum absolute atomic E-state index is 13.8. The molecule has 0 unspecified atom stereocenters. The van der Waals surface area contributed by atoms with Crippen molar-refractivity contribution in [3.63, 3.8) is 0 Å². The molecule has 19 heavy (non-hydrogen) atoms. The number of hydrogen-bond acceptors (Lipinski definition) is 2. The number of aromatic amines is 1. The summed E-state index contributed by atoms with van der Waals surface area (Å²) in [7, 11) is 0. The van der Waals surface area contributed by atoms with Crippen molar-refractivity contribution in [2.75, 3.05) is 5.73 Å². The fourth-order valence-corrected chi connectivity index (χ4v) is 2.18. The summed E-state index contributed by atoms with van der Waals surface area (Å²) in [4.78, 5) is 7.29. The van der Waals surface area contributed by atoms with Gasteiger partial charge < -0.3 is 10.7 Å². The van der Waals surface area contributed by atoms with Crippen molar-refractivity contribution in [2.24, 2.45) is 0 Å². The van der Waals surface area contributed by atoms with Gasteiger partial charge in [0, 0.05) is 5.69 Å². The Morgan fingerprint density at radius 3 is 2.63 bits per heavy atom. The molecule has 0 bridgehead atoms. The lowest BCUT2D eigenvalue weighted by Crippen LogP contribution is -1.90. The molecule has 2 aromatic carbocycles. The van der Waals surface area contributed by atoms with Gasteiger partial charge in [0.25, 0.3) is 0 Å². The zero-order valence-corrected chi connectivity index (χ0v) is 11.1. The van der Waals surface area contributed by atoms with Gasteiger partial charge in [0.1, 0.15) is 11.6 Å². The molecule has 3 rings (SSSR count). The Kier molecular flexibility index (Phi) is 2.84. The van der Waals surface area contributed by atoms with E-state index in [0.29, 0.717) is 38.2 Å². The first kappa shape index (κ1) is 12.3. The zero-order valence-electron chi connectivity index (χ0n) is 9.55. The van der Waals surface area contributed by atoms with Gasteiger partial charge >= 0.3 is 0 Å². The van der Waals surface area contributed by atoms with E-state index in [4.69, 9.17) is 28.9 Å². The maximum atomic E-state index is 13.8. The maximum Gasteiger partial charge on any atom is 0.141 e. The predicted molar refractivity (Wildman–Crippen MR) is 75.9 cm³/mol. The van der Waals surface area contributed by atoms with E-state index in [-0.39, 0.29) is 0 Å². The van der Waals surface area contributed by atoms with Crippen LogP contribution in [0.15, 0.2) is 30.3 Å². The van der Waals surface area contributed by atoms with Crippen LogP contribution in [0.25, 0.3) is 22.4 Å². The number of aromatic nitrogens is 2. The molecule has 3 N–H and O–H groups in total. The molecule has 3 aromatic rings. The molecule has 0 saturated heterocycles. The zero-order chi connectivity index (χ0) is 13.6. The summed E-state index contributed by atoms with van der Waals surface area (Å²) in [6.07, 6.45) is 0. The summed E-state index contributed by atoms with van der Waals surface area (Å²) in [6.45, 7) is 0. The number of nitrogens with one attached hydrogen (secondary N) is 1. The van der Waals surface area contributed by atoms with Crippen LogP contribution in [0, 0.1) is 5.82 Å². The van der Waals surface area contributed by atoms with E-state index >= 15 is 0 Å². The molecule has 3 nitrogen and oxygen atoms in total. The Labute approximate surface area is 118 Å². The number of nitrogens with two attached hydrogens (primary N) is 1. The molecule has 0 fully saturated rings. The molecule has 0 spiro atoms. The minimum atomic E-state index is -0.398. The van der Waals surface area contributed by atoms with E-state index in [1.807, 2.05) is 0 Å². The first-order chi connectivity index (χ1) is 9.04. The molecule has 96 valence electrons. The number of benzene rings is 2. The second kappa shape index (κ2) is 4.40. The largest absolute Gasteiger partial charge is 0.399 e. The second-order valence-electron chi connectivity index (χ2n) is 4.11. The van der Waals surface area contributed by atoms with Crippen LogP contribution in [0.2, 0.25) is 10.0 Å². The highest BCUT2D eigenvalue weighted by Crippen LogP contribution is 2.30. The molecule has 0 amide bonds. The van der Waals surface area contributed by atoms with E-state index in [0.717, 1.165) is 0 Å². The number of H-pyrrole nitrogens is 1. The number of imidazole rings is 1. The van der Waals surface area contributed by atoms with Crippen LogP contribution in [-0.2, 0) is 0 Å². The average Bonchev–Trinajstić information content (AvgIpc) is 2.75. The number of nitrogen functional groups attached to an aromatic ring is 1. The van der Waals surface area contributed by atoms with Gasteiger partial charge in [0.2, 0.25) is 0 Å². The average molecular weight is 296 g/mol. The number of anilines is 1. The Morgan fingerprint density at radius 2 is 1.84 bits per heavy atom. The lowest BCUT2D eigenvalue weighted by molar-refractivity contribution is 0.630. The van der Waals surface area contributed by atoms with Gasteiger partial charge in [-0.25, -0.2) is 9.37 Å². The highest BCUT2D eigenvalue weighted by molar-refractivity contribution is 6.42. The van der Waals surface area contributed by atoms with Crippen LogP contribution in [0.3, 0.4) is 0 Å². The normalized spacial score (nSPS) is 11.1. The van der Waals surface area contributed by atoms with Gasteiger partial charge in [-0.1, -0.05) is 23.2 Å². The molecule has 1 aromatic heterocycles. The highest BCUT2D eigenvalue weighted by Gasteiger charge is 2.12. The quantitative estimate of drug-likeness (QED) is 0.659. The van der Waals surface area contributed by atoms with Crippen molar-refractivity contribution < 1.29 is 4.39 Å². The van der Waals surface area contributed by atoms with Crippen LogP contribution in [0.1, 0.15) is 0 Å². The minimum Gasteiger partial charge on any atom is -0.399 e.